The van der Waals surface area contributed by atoms with Gasteiger partial charge >= 0.3 is 6.01 Å². The Morgan fingerprint density at radius 2 is 1.94 bits per heavy atom. The van der Waals surface area contributed by atoms with Crippen molar-refractivity contribution < 1.29 is 19.0 Å². The van der Waals surface area contributed by atoms with E-state index < -0.39 is 5.82 Å². The molecule has 0 saturated carbocycles. The van der Waals surface area contributed by atoms with E-state index in [1.54, 1.807) is 19.1 Å². The number of benzene rings is 2. The Morgan fingerprint density at radius 1 is 1.17 bits per heavy atom. The van der Waals surface area contributed by atoms with Crippen molar-refractivity contribution in [2.75, 3.05) is 57.4 Å². The second-order valence-corrected chi connectivity index (χ2v) is 14.3. The molecule has 2 N–H and O–H groups in total. The molecule has 10 heteroatoms. The molecular weight excluding hydrogens is 617 g/mol. The molecule has 0 amide bonds. The number of allylic oxidation sites excluding steroid dienone is 2. The largest absolute Gasteiger partial charge is 0.508 e. The van der Waals surface area contributed by atoms with Crippen LogP contribution in [0.2, 0.25) is 5.02 Å². The molecule has 0 radical (unpaired) electrons. The Balaban J connectivity index is 1.14. The molecule has 1 aromatic heterocycles. The number of nitrogens with one attached hydrogen (secondary N) is 1. The lowest BCUT2D eigenvalue weighted by molar-refractivity contribution is 0.0779. The molecule has 2 aromatic carbocycles. The van der Waals surface area contributed by atoms with Gasteiger partial charge in [-0.15, -0.1) is 0 Å². The Kier molecular flexibility index (Phi) is 9.42. The van der Waals surface area contributed by atoms with Crippen molar-refractivity contribution in [3.8, 4) is 6.01 Å². The van der Waals surface area contributed by atoms with E-state index in [-0.39, 0.29) is 27.9 Å². The predicted molar refractivity (Wildman–Crippen MR) is 186 cm³/mol. The molecule has 250 valence electrons. The number of aryl methyl sites for hydroxylation is 1. The Hall–Kier alpha value is -3.24. The number of aliphatic hydroxyl groups excluding tert-OH is 1. The van der Waals surface area contributed by atoms with Gasteiger partial charge in [0, 0.05) is 49.3 Å². The van der Waals surface area contributed by atoms with E-state index in [1.165, 1.54) is 25.3 Å². The van der Waals surface area contributed by atoms with Gasteiger partial charge in [0.2, 0.25) is 0 Å². The number of halogens is 2. The van der Waals surface area contributed by atoms with Gasteiger partial charge in [-0.2, -0.15) is 9.97 Å². The molecule has 8 nitrogen and oxygen atoms in total. The third-order valence-electron chi connectivity index (χ3n) is 10.6. The first-order valence-corrected chi connectivity index (χ1v) is 17.4. The zero-order valence-corrected chi connectivity index (χ0v) is 28.2. The maximum absolute atomic E-state index is 16.6. The number of aliphatic hydroxyl groups is 1. The van der Waals surface area contributed by atoms with E-state index in [9.17, 15) is 5.11 Å². The molecule has 2 bridgehead atoms. The fourth-order valence-electron chi connectivity index (χ4n) is 7.79. The molecule has 7 rings (SSSR count). The van der Waals surface area contributed by atoms with Gasteiger partial charge in [0.15, 0.2) is 5.82 Å². The quantitative estimate of drug-likeness (QED) is 0.145. The van der Waals surface area contributed by atoms with Gasteiger partial charge in [-0.05, 0) is 106 Å². The molecule has 4 fully saturated rings. The van der Waals surface area contributed by atoms with Crippen LogP contribution < -0.4 is 15.0 Å². The van der Waals surface area contributed by atoms with Crippen molar-refractivity contribution in [1.29, 1.82) is 0 Å². The third kappa shape index (κ3) is 7.00. The fourth-order valence-corrected chi connectivity index (χ4v) is 8.13. The fraction of sp³-hybridized carbons (Fsp3) is 0.514. The van der Waals surface area contributed by atoms with Crippen LogP contribution in [0.4, 0.5) is 10.2 Å². The average molecular weight is 662 g/mol. The minimum absolute atomic E-state index is 0.0107. The summed E-state index contributed by atoms with van der Waals surface area (Å²) in [4.78, 5) is 14.2. The summed E-state index contributed by atoms with van der Waals surface area (Å²) in [6.07, 6.45) is 9.83. The standard InChI is InChI=1S/C37H45ClFN5O3/c1-24-6-3-4-7-26(24)19-29(45)18-25(2)32-31(38)20-30-34(33(32)39)41-36(42-35(30)44-21-27-8-9-28(22-44)40-27)47-16-5-13-43-14-10-37(11-15-43)12-17-46-23-37/h3-4,6-7,18-20,27-28,40,45H,5,8-17,21-23H2,1-2H3/b25-18+,29-19+. The van der Waals surface area contributed by atoms with Gasteiger partial charge in [0.05, 0.1) is 18.2 Å². The summed E-state index contributed by atoms with van der Waals surface area (Å²) in [6, 6.07) is 10.4. The zero-order valence-electron chi connectivity index (χ0n) is 27.4. The summed E-state index contributed by atoms with van der Waals surface area (Å²) in [5.74, 6) is 0.117. The monoisotopic (exact) mass is 661 g/mol. The SMILES string of the molecule is C/C(=C\C(O)=C/c1ccccc1C)c1c(Cl)cc2c(N3CC4CCC(C3)N4)nc(OCCCN3CCC4(CCOC4)CC3)nc2c1F. The van der Waals surface area contributed by atoms with Gasteiger partial charge in [0.1, 0.15) is 17.1 Å². The smallest absolute Gasteiger partial charge is 0.319 e. The molecule has 2 unspecified atom stereocenters. The van der Waals surface area contributed by atoms with Gasteiger partial charge in [-0.1, -0.05) is 35.9 Å². The molecule has 4 aliphatic heterocycles. The number of piperazine rings is 1. The van der Waals surface area contributed by atoms with E-state index in [0.29, 0.717) is 40.9 Å². The minimum Gasteiger partial charge on any atom is -0.508 e. The molecule has 4 saturated heterocycles. The van der Waals surface area contributed by atoms with Gasteiger partial charge in [-0.25, -0.2) is 4.39 Å². The predicted octanol–water partition coefficient (Wildman–Crippen LogP) is 6.95. The van der Waals surface area contributed by atoms with E-state index in [4.69, 9.17) is 26.1 Å². The lowest BCUT2D eigenvalue weighted by Gasteiger charge is -2.38. The molecule has 3 aromatic rings. The number of nitrogens with zero attached hydrogens (tertiary/aromatic N) is 4. The molecule has 0 aliphatic carbocycles. The van der Waals surface area contributed by atoms with E-state index in [2.05, 4.69) is 20.1 Å². The second-order valence-electron chi connectivity index (χ2n) is 13.9. The number of ether oxygens (including phenoxy) is 2. The molecule has 47 heavy (non-hydrogen) atoms. The van der Waals surface area contributed by atoms with E-state index >= 15 is 4.39 Å². The first-order valence-electron chi connectivity index (χ1n) is 17.1. The number of likely N-dealkylation sites (tertiary alicyclic amines) is 1. The van der Waals surface area contributed by atoms with Gasteiger partial charge < -0.3 is 29.7 Å². The van der Waals surface area contributed by atoms with Gasteiger partial charge in [0.25, 0.3) is 0 Å². The molecule has 2 atom stereocenters. The zero-order chi connectivity index (χ0) is 32.5. The Bertz CT molecular complexity index is 1670. The van der Waals surface area contributed by atoms with Crippen molar-refractivity contribution in [1.82, 2.24) is 20.2 Å². The number of rotatable bonds is 9. The van der Waals surface area contributed by atoms with Crippen LogP contribution in [-0.4, -0.2) is 84.6 Å². The van der Waals surface area contributed by atoms with Crippen LogP contribution in [0, 0.1) is 18.2 Å². The maximum atomic E-state index is 16.6. The van der Waals surface area contributed by atoms with E-state index in [0.717, 1.165) is 76.3 Å². The van der Waals surface area contributed by atoms with Crippen molar-refractivity contribution >= 4 is 40.0 Å². The third-order valence-corrected chi connectivity index (χ3v) is 10.9. The highest BCUT2D eigenvalue weighted by molar-refractivity contribution is 6.33. The topological polar surface area (TPSA) is 83.0 Å². The average Bonchev–Trinajstić information content (AvgIpc) is 3.66. The first kappa shape index (κ1) is 32.3. The van der Waals surface area contributed by atoms with Crippen LogP contribution in [-0.2, 0) is 4.74 Å². The maximum Gasteiger partial charge on any atom is 0.319 e. The van der Waals surface area contributed by atoms with Crippen LogP contribution in [0.15, 0.2) is 42.2 Å². The molecular formula is C37H45ClFN5O3. The normalized spacial score (nSPS) is 23.3. The number of anilines is 1. The number of piperidine rings is 1. The molecule has 4 aliphatic rings. The summed E-state index contributed by atoms with van der Waals surface area (Å²) < 4.78 is 28.4. The van der Waals surface area contributed by atoms with Crippen molar-refractivity contribution in [3.63, 3.8) is 0 Å². The number of hydrogen-bond donors (Lipinski definition) is 2. The van der Waals surface area contributed by atoms with Crippen LogP contribution in [0.1, 0.15) is 62.1 Å². The Morgan fingerprint density at radius 3 is 2.66 bits per heavy atom. The summed E-state index contributed by atoms with van der Waals surface area (Å²) in [5.41, 5.74) is 3.17. The van der Waals surface area contributed by atoms with Crippen molar-refractivity contribution in [2.45, 2.75) is 64.5 Å². The highest BCUT2D eigenvalue weighted by Crippen LogP contribution is 2.40. The lowest BCUT2D eigenvalue weighted by atomic mass is 9.78. The van der Waals surface area contributed by atoms with Crippen LogP contribution in [0.3, 0.4) is 0 Å². The highest BCUT2D eigenvalue weighted by atomic mass is 35.5. The van der Waals surface area contributed by atoms with E-state index in [1.807, 2.05) is 31.2 Å². The Labute approximate surface area is 281 Å². The number of aromatic nitrogens is 2. The highest BCUT2D eigenvalue weighted by Gasteiger charge is 2.38. The molecule has 1 spiro atoms. The van der Waals surface area contributed by atoms with Gasteiger partial charge in [-0.3, -0.25) is 0 Å². The van der Waals surface area contributed by atoms with Crippen LogP contribution in [0.5, 0.6) is 6.01 Å². The summed E-state index contributed by atoms with van der Waals surface area (Å²) in [7, 11) is 0. The summed E-state index contributed by atoms with van der Waals surface area (Å²) >= 11 is 6.80. The van der Waals surface area contributed by atoms with Crippen LogP contribution >= 0.6 is 11.6 Å². The summed E-state index contributed by atoms with van der Waals surface area (Å²) in [5, 5.41) is 15.3. The van der Waals surface area contributed by atoms with Crippen molar-refractivity contribution in [2.24, 2.45) is 5.41 Å². The molecule has 5 heterocycles. The second kappa shape index (κ2) is 13.7. The lowest BCUT2D eigenvalue weighted by Crippen LogP contribution is -2.51. The van der Waals surface area contributed by atoms with Crippen molar-refractivity contribution in [3.05, 3.63) is 69.7 Å². The number of hydrogen-bond acceptors (Lipinski definition) is 8. The minimum atomic E-state index is -0.547. The number of fused-ring (bicyclic) bond motifs is 3. The summed E-state index contributed by atoms with van der Waals surface area (Å²) in [6.45, 7) is 10.6. The van der Waals surface area contributed by atoms with Crippen LogP contribution in [0.25, 0.3) is 22.6 Å². The first-order chi connectivity index (χ1) is 22.8.